The van der Waals surface area contributed by atoms with E-state index in [1.807, 2.05) is 43.3 Å². The van der Waals surface area contributed by atoms with Gasteiger partial charge in [-0.2, -0.15) is 0 Å². The van der Waals surface area contributed by atoms with Crippen molar-refractivity contribution >= 4 is 22.9 Å². The molecule has 21 heavy (non-hydrogen) atoms. The van der Waals surface area contributed by atoms with Gasteiger partial charge in [0.15, 0.2) is 0 Å². The first-order chi connectivity index (χ1) is 10.1. The summed E-state index contributed by atoms with van der Waals surface area (Å²) in [6, 6.07) is 12.8. The molecule has 0 radical (unpaired) electrons. The fraction of sp³-hybridized carbons (Fsp3) is 0.125. The highest BCUT2D eigenvalue weighted by molar-refractivity contribution is 6.33. The highest BCUT2D eigenvalue weighted by atomic mass is 35.5. The lowest BCUT2D eigenvalue weighted by atomic mass is 10.3. The first-order valence-electron chi connectivity index (χ1n) is 6.61. The molecule has 0 saturated heterocycles. The van der Waals surface area contributed by atoms with Crippen molar-refractivity contribution in [1.82, 2.24) is 9.38 Å². The Bertz CT molecular complexity index is 858. The van der Waals surface area contributed by atoms with E-state index >= 15 is 0 Å². The second-order valence-electron chi connectivity index (χ2n) is 4.85. The van der Waals surface area contributed by atoms with E-state index in [1.165, 1.54) is 6.07 Å². The molecule has 0 aliphatic rings. The van der Waals surface area contributed by atoms with Crippen molar-refractivity contribution in [2.45, 2.75) is 13.5 Å². The summed E-state index contributed by atoms with van der Waals surface area (Å²) in [5, 5.41) is 3.83. The molecule has 0 aliphatic heterocycles. The van der Waals surface area contributed by atoms with Gasteiger partial charge in [0.2, 0.25) is 0 Å². The molecule has 3 aromatic rings. The minimum Gasteiger partial charge on any atom is -0.378 e. The number of aromatic nitrogens is 2. The number of hydrogen-bond acceptors (Lipinski definition) is 3. The first kappa shape index (κ1) is 13.6. The van der Waals surface area contributed by atoms with Crippen LogP contribution < -0.4 is 10.9 Å². The third kappa shape index (κ3) is 2.90. The molecule has 4 nitrogen and oxygen atoms in total. The van der Waals surface area contributed by atoms with Gasteiger partial charge in [0.1, 0.15) is 5.65 Å². The largest absolute Gasteiger partial charge is 0.378 e. The lowest BCUT2D eigenvalue weighted by Gasteiger charge is -2.08. The van der Waals surface area contributed by atoms with Crippen LogP contribution >= 0.6 is 11.6 Å². The third-order valence-corrected chi connectivity index (χ3v) is 3.52. The van der Waals surface area contributed by atoms with E-state index < -0.39 is 0 Å². The molecule has 0 unspecified atom stereocenters. The third-order valence-electron chi connectivity index (χ3n) is 3.19. The number of aryl methyl sites for hydroxylation is 1. The molecule has 2 aromatic heterocycles. The topological polar surface area (TPSA) is 46.4 Å². The van der Waals surface area contributed by atoms with Gasteiger partial charge in [0, 0.05) is 12.3 Å². The van der Waals surface area contributed by atoms with E-state index in [2.05, 4.69) is 10.3 Å². The molecule has 1 N–H and O–H groups in total. The Morgan fingerprint density at radius 3 is 2.86 bits per heavy atom. The normalized spacial score (nSPS) is 10.8. The first-order valence-corrected chi connectivity index (χ1v) is 6.98. The summed E-state index contributed by atoms with van der Waals surface area (Å²) in [5.74, 6) is 0. The van der Waals surface area contributed by atoms with Crippen LogP contribution in [0, 0.1) is 6.92 Å². The van der Waals surface area contributed by atoms with Gasteiger partial charge in [-0.3, -0.25) is 9.20 Å². The lowest BCUT2D eigenvalue weighted by Crippen LogP contribution is -2.17. The van der Waals surface area contributed by atoms with Crippen molar-refractivity contribution in [1.29, 1.82) is 0 Å². The average molecular weight is 300 g/mol. The molecule has 106 valence electrons. The Labute approximate surface area is 127 Å². The van der Waals surface area contributed by atoms with Gasteiger partial charge in [0.25, 0.3) is 5.56 Å². The van der Waals surface area contributed by atoms with Crippen LogP contribution in [0.3, 0.4) is 0 Å². The summed E-state index contributed by atoms with van der Waals surface area (Å²) < 4.78 is 1.55. The van der Waals surface area contributed by atoms with Crippen LogP contribution in [0.2, 0.25) is 5.02 Å². The van der Waals surface area contributed by atoms with E-state index in [0.29, 0.717) is 22.9 Å². The quantitative estimate of drug-likeness (QED) is 0.807. The van der Waals surface area contributed by atoms with Crippen LogP contribution in [0.4, 0.5) is 5.69 Å². The molecule has 3 rings (SSSR count). The number of fused-ring (bicyclic) bond motifs is 1. The highest BCUT2D eigenvalue weighted by Crippen LogP contribution is 2.20. The number of hydrogen-bond donors (Lipinski definition) is 1. The summed E-state index contributed by atoms with van der Waals surface area (Å²) in [7, 11) is 0. The molecule has 0 spiro atoms. The Kier molecular flexibility index (Phi) is 3.62. The van der Waals surface area contributed by atoms with Gasteiger partial charge >= 0.3 is 0 Å². The Morgan fingerprint density at radius 1 is 1.24 bits per heavy atom. The predicted molar refractivity (Wildman–Crippen MR) is 85.0 cm³/mol. The molecule has 0 amide bonds. The smallest absolute Gasteiger partial charge is 0.258 e. The van der Waals surface area contributed by atoms with E-state index in [1.54, 1.807) is 10.6 Å². The maximum absolute atomic E-state index is 12.1. The maximum Gasteiger partial charge on any atom is 0.258 e. The minimum absolute atomic E-state index is 0.0836. The molecule has 0 atom stereocenters. The standard InChI is InChI=1S/C16H14ClN3O/c1-11-6-7-15-19-12(8-16(21)20(15)10-11)9-18-14-5-3-2-4-13(14)17/h2-8,10,18H,9H2,1H3. The molecule has 0 saturated carbocycles. The number of anilines is 1. The summed E-state index contributed by atoms with van der Waals surface area (Å²) in [4.78, 5) is 16.6. The number of nitrogens with zero attached hydrogens (tertiary/aromatic N) is 2. The van der Waals surface area contributed by atoms with Crippen LogP contribution in [0.5, 0.6) is 0 Å². The molecule has 2 heterocycles. The van der Waals surface area contributed by atoms with Crippen LogP contribution in [0.15, 0.2) is 53.5 Å². The minimum atomic E-state index is -0.0836. The second-order valence-corrected chi connectivity index (χ2v) is 5.26. The number of benzene rings is 1. The van der Waals surface area contributed by atoms with Crippen LogP contribution in [0.1, 0.15) is 11.3 Å². The summed E-state index contributed by atoms with van der Waals surface area (Å²) in [6.45, 7) is 2.39. The fourth-order valence-corrected chi connectivity index (χ4v) is 2.34. The van der Waals surface area contributed by atoms with Crippen molar-refractivity contribution in [3.63, 3.8) is 0 Å². The van der Waals surface area contributed by atoms with Gasteiger partial charge in [-0.25, -0.2) is 4.98 Å². The van der Waals surface area contributed by atoms with E-state index in [0.717, 1.165) is 11.3 Å². The fourth-order valence-electron chi connectivity index (χ4n) is 2.14. The number of para-hydroxylation sites is 1. The highest BCUT2D eigenvalue weighted by Gasteiger charge is 2.04. The molecule has 0 aliphatic carbocycles. The SMILES string of the molecule is Cc1ccc2nc(CNc3ccccc3Cl)cc(=O)n2c1. The van der Waals surface area contributed by atoms with Crippen molar-refractivity contribution < 1.29 is 0 Å². The second kappa shape index (κ2) is 5.58. The Morgan fingerprint density at radius 2 is 2.05 bits per heavy atom. The van der Waals surface area contributed by atoms with Crippen LogP contribution in [-0.4, -0.2) is 9.38 Å². The number of pyridine rings is 1. The molecular weight excluding hydrogens is 286 g/mol. The summed E-state index contributed by atoms with van der Waals surface area (Å²) in [6.07, 6.45) is 1.79. The van der Waals surface area contributed by atoms with Crippen molar-refractivity contribution in [2.24, 2.45) is 0 Å². The van der Waals surface area contributed by atoms with Gasteiger partial charge in [-0.1, -0.05) is 29.8 Å². The maximum atomic E-state index is 12.1. The van der Waals surface area contributed by atoms with Crippen molar-refractivity contribution in [3.8, 4) is 0 Å². The van der Waals surface area contributed by atoms with Crippen molar-refractivity contribution in [2.75, 3.05) is 5.32 Å². The molecule has 0 bridgehead atoms. The summed E-state index contributed by atoms with van der Waals surface area (Å²) in [5.41, 5.74) is 3.09. The molecule has 5 heteroatoms. The van der Waals surface area contributed by atoms with Gasteiger partial charge in [-0.15, -0.1) is 0 Å². The van der Waals surface area contributed by atoms with Gasteiger partial charge in [0.05, 0.1) is 22.9 Å². The zero-order chi connectivity index (χ0) is 14.8. The zero-order valence-electron chi connectivity index (χ0n) is 11.5. The predicted octanol–water partition coefficient (Wildman–Crippen LogP) is 3.27. The summed E-state index contributed by atoms with van der Waals surface area (Å²) >= 11 is 6.09. The number of nitrogens with one attached hydrogen (secondary N) is 1. The Balaban J connectivity index is 1.90. The van der Waals surface area contributed by atoms with E-state index in [-0.39, 0.29) is 5.56 Å². The molecule has 1 aromatic carbocycles. The van der Waals surface area contributed by atoms with Gasteiger partial charge in [-0.05, 0) is 30.7 Å². The van der Waals surface area contributed by atoms with Gasteiger partial charge < -0.3 is 5.32 Å². The number of rotatable bonds is 3. The zero-order valence-corrected chi connectivity index (χ0v) is 12.3. The Hall–Kier alpha value is -2.33. The van der Waals surface area contributed by atoms with E-state index in [9.17, 15) is 4.79 Å². The molecular formula is C16H14ClN3O. The monoisotopic (exact) mass is 299 g/mol. The number of halogens is 1. The van der Waals surface area contributed by atoms with Crippen molar-refractivity contribution in [3.05, 3.63) is 75.3 Å². The molecule has 0 fully saturated rings. The van der Waals surface area contributed by atoms with Crippen LogP contribution in [0.25, 0.3) is 5.65 Å². The average Bonchev–Trinajstić information content (AvgIpc) is 2.47. The van der Waals surface area contributed by atoms with Crippen LogP contribution in [-0.2, 0) is 6.54 Å². The lowest BCUT2D eigenvalue weighted by molar-refractivity contribution is 0.965. The van der Waals surface area contributed by atoms with E-state index in [4.69, 9.17) is 11.6 Å².